The van der Waals surface area contributed by atoms with Gasteiger partial charge in [0.1, 0.15) is 27.9 Å². The maximum Gasteiger partial charge on any atom is 0.280 e. The topological polar surface area (TPSA) is 183 Å². The fourth-order valence-electron chi connectivity index (χ4n) is 3.75. The minimum absolute atomic E-state index is 0.157. The first-order chi connectivity index (χ1) is 17.5. The van der Waals surface area contributed by atoms with E-state index in [9.17, 15) is 28.6 Å². The van der Waals surface area contributed by atoms with Gasteiger partial charge in [0.15, 0.2) is 0 Å². The van der Waals surface area contributed by atoms with Crippen molar-refractivity contribution in [3.8, 4) is 0 Å². The van der Waals surface area contributed by atoms with E-state index in [-0.39, 0.29) is 11.3 Å². The Hall–Kier alpha value is -4.37. The second-order valence-corrected chi connectivity index (χ2v) is 9.85. The number of sulfonamides is 1. The monoisotopic (exact) mass is 529 g/mol. The van der Waals surface area contributed by atoms with Crippen molar-refractivity contribution < 1.29 is 23.0 Å². The molecule has 0 saturated carbocycles. The van der Waals surface area contributed by atoms with Crippen LogP contribution in [0, 0.1) is 34.1 Å². The molecular formula is C22H23N7O7S. The molecule has 2 heterocycles. The van der Waals surface area contributed by atoms with Gasteiger partial charge in [-0.3, -0.25) is 25.0 Å². The zero-order valence-electron chi connectivity index (χ0n) is 19.9. The van der Waals surface area contributed by atoms with Crippen molar-refractivity contribution in [1.82, 2.24) is 9.97 Å². The van der Waals surface area contributed by atoms with E-state index in [2.05, 4.69) is 24.9 Å². The molecule has 15 heteroatoms. The standard InChI is InChI=1S/C22H23N7O7S/c1-14-19(28(30)31)11-18(12-20(14)29(32)33)37(34,35)26-17-5-3-16(4-6-17)25-21-13-22(24-15(2)23-21)27-7-9-36-10-8-27/h3-6,11-13,26H,7-10H2,1-2H3,(H,23,24,25). The van der Waals surface area contributed by atoms with E-state index in [0.29, 0.717) is 30.5 Å². The van der Waals surface area contributed by atoms with E-state index in [0.717, 1.165) is 31.0 Å². The van der Waals surface area contributed by atoms with Gasteiger partial charge in [0, 0.05) is 42.7 Å². The molecule has 4 rings (SSSR count). The van der Waals surface area contributed by atoms with Gasteiger partial charge in [-0.25, -0.2) is 18.4 Å². The number of hydrogen-bond acceptors (Lipinski definition) is 11. The Bertz CT molecular complexity index is 1420. The maximum absolute atomic E-state index is 12.9. The van der Waals surface area contributed by atoms with E-state index in [1.807, 2.05) is 6.07 Å². The van der Waals surface area contributed by atoms with Crippen molar-refractivity contribution in [1.29, 1.82) is 0 Å². The van der Waals surface area contributed by atoms with Crippen LogP contribution in [0.15, 0.2) is 47.4 Å². The van der Waals surface area contributed by atoms with Gasteiger partial charge in [0.2, 0.25) is 0 Å². The number of aromatic nitrogens is 2. The summed E-state index contributed by atoms with van der Waals surface area (Å²) in [5.74, 6) is 1.91. The van der Waals surface area contributed by atoms with E-state index in [1.54, 1.807) is 19.1 Å². The average molecular weight is 530 g/mol. The summed E-state index contributed by atoms with van der Waals surface area (Å²) < 4.78 is 33.4. The van der Waals surface area contributed by atoms with Crippen LogP contribution in [0.4, 0.5) is 34.4 Å². The summed E-state index contributed by atoms with van der Waals surface area (Å²) in [6, 6.07) is 9.59. The highest BCUT2D eigenvalue weighted by Gasteiger charge is 2.28. The van der Waals surface area contributed by atoms with Crippen LogP contribution in [-0.4, -0.2) is 54.5 Å². The molecule has 1 aliphatic rings. The van der Waals surface area contributed by atoms with E-state index >= 15 is 0 Å². The zero-order valence-corrected chi connectivity index (χ0v) is 20.7. The first kappa shape index (κ1) is 25.7. The second-order valence-electron chi connectivity index (χ2n) is 8.17. The van der Waals surface area contributed by atoms with Crippen molar-refractivity contribution >= 4 is 44.4 Å². The van der Waals surface area contributed by atoms with Gasteiger partial charge in [-0.1, -0.05) is 0 Å². The third kappa shape index (κ3) is 5.90. The predicted molar refractivity (Wildman–Crippen MR) is 135 cm³/mol. The van der Waals surface area contributed by atoms with Gasteiger partial charge >= 0.3 is 0 Å². The van der Waals surface area contributed by atoms with Crippen molar-refractivity contribution in [2.45, 2.75) is 18.7 Å². The number of benzene rings is 2. The number of aryl methyl sites for hydroxylation is 1. The molecule has 1 saturated heterocycles. The van der Waals surface area contributed by atoms with Crippen molar-refractivity contribution in [2.75, 3.05) is 41.2 Å². The van der Waals surface area contributed by atoms with Crippen molar-refractivity contribution in [2.24, 2.45) is 0 Å². The number of nitrogens with one attached hydrogen (secondary N) is 2. The van der Waals surface area contributed by atoms with Crippen LogP contribution in [0.2, 0.25) is 0 Å². The third-order valence-electron chi connectivity index (χ3n) is 5.60. The lowest BCUT2D eigenvalue weighted by molar-refractivity contribution is -0.395. The lowest BCUT2D eigenvalue weighted by atomic mass is 10.1. The third-order valence-corrected chi connectivity index (χ3v) is 6.96. The fourth-order valence-corrected chi connectivity index (χ4v) is 4.85. The van der Waals surface area contributed by atoms with E-state index in [1.165, 1.54) is 19.1 Å². The van der Waals surface area contributed by atoms with Crippen LogP contribution in [0.1, 0.15) is 11.4 Å². The number of nitro benzene ring substituents is 2. The highest BCUT2D eigenvalue weighted by molar-refractivity contribution is 7.92. The number of ether oxygens (including phenoxy) is 1. The Kier molecular flexibility index (Phi) is 7.17. The summed E-state index contributed by atoms with van der Waals surface area (Å²) in [5, 5.41) is 25.8. The summed E-state index contributed by atoms with van der Waals surface area (Å²) in [7, 11) is -4.35. The molecule has 37 heavy (non-hydrogen) atoms. The Labute approximate surface area is 211 Å². The molecule has 0 bridgehead atoms. The molecule has 2 aromatic carbocycles. The van der Waals surface area contributed by atoms with Gasteiger partial charge in [-0.2, -0.15) is 0 Å². The number of hydrogen-bond donors (Lipinski definition) is 2. The Balaban J connectivity index is 1.53. The second kappa shape index (κ2) is 10.3. The Morgan fingerprint density at radius 1 is 0.919 bits per heavy atom. The summed E-state index contributed by atoms with van der Waals surface area (Å²) in [5.41, 5.74) is -0.780. The first-order valence-corrected chi connectivity index (χ1v) is 12.5. The van der Waals surface area contributed by atoms with Gasteiger partial charge in [0.05, 0.1) is 23.1 Å². The molecule has 1 fully saturated rings. The lowest BCUT2D eigenvalue weighted by Crippen LogP contribution is -2.36. The molecule has 194 valence electrons. The minimum atomic E-state index is -4.35. The molecule has 0 radical (unpaired) electrons. The smallest absolute Gasteiger partial charge is 0.280 e. The average Bonchev–Trinajstić information content (AvgIpc) is 2.85. The molecule has 2 N–H and O–H groups in total. The molecule has 0 amide bonds. The van der Waals surface area contributed by atoms with Crippen LogP contribution in [0.3, 0.4) is 0 Å². The maximum atomic E-state index is 12.9. The molecular weight excluding hydrogens is 506 g/mol. The first-order valence-electron chi connectivity index (χ1n) is 11.1. The Morgan fingerprint density at radius 2 is 1.49 bits per heavy atom. The summed E-state index contributed by atoms with van der Waals surface area (Å²) >= 11 is 0. The molecule has 0 atom stereocenters. The normalized spacial score (nSPS) is 13.7. The van der Waals surface area contributed by atoms with Crippen molar-refractivity contribution in [3.63, 3.8) is 0 Å². The van der Waals surface area contributed by atoms with Crippen LogP contribution in [-0.2, 0) is 14.8 Å². The number of nitrogens with zero attached hydrogens (tertiary/aromatic N) is 5. The summed E-state index contributed by atoms with van der Waals surface area (Å²) in [6.07, 6.45) is 0. The van der Waals surface area contributed by atoms with Gasteiger partial charge < -0.3 is 15.0 Å². The molecule has 1 aromatic heterocycles. The highest BCUT2D eigenvalue weighted by atomic mass is 32.2. The quantitative estimate of drug-likeness (QED) is 0.322. The highest BCUT2D eigenvalue weighted by Crippen LogP contribution is 2.32. The van der Waals surface area contributed by atoms with Gasteiger partial charge in [0.25, 0.3) is 21.4 Å². The van der Waals surface area contributed by atoms with E-state index in [4.69, 9.17) is 4.74 Å². The zero-order chi connectivity index (χ0) is 26.7. The summed E-state index contributed by atoms with van der Waals surface area (Å²) in [4.78, 5) is 31.3. The van der Waals surface area contributed by atoms with E-state index < -0.39 is 36.1 Å². The number of morpholine rings is 1. The summed E-state index contributed by atoms with van der Waals surface area (Å²) in [6.45, 7) is 5.65. The lowest BCUT2D eigenvalue weighted by Gasteiger charge is -2.28. The molecule has 3 aromatic rings. The molecule has 0 spiro atoms. The predicted octanol–water partition coefficient (Wildman–Crippen LogP) is 3.29. The van der Waals surface area contributed by atoms with Crippen LogP contribution in [0.5, 0.6) is 0 Å². The molecule has 0 aliphatic carbocycles. The number of nitro groups is 2. The molecule has 1 aliphatic heterocycles. The fraction of sp³-hybridized carbons (Fsp3) is 0.273. The van der Waals surface area contributed by atoms with Crippen LogP contribution >= 0.6 is 0 Å². The SMILES string of the molecule is Cc1nc(Nc2ccc(NS(=O)(=O)c3cc([N+](=O)[O-])c(C)c([N+](=O)[O-])c3)cc2)cc(N2CCOCC2)n1. The molecule has 14 nitrogen and oxygen atoms in total. The Morgan fingerprint density at radius 3 is 2.05 bits per heavy atom. The minimum Gasteiger partial charge on any atom is -0.378 e. The van der Waals surface area contributed by atoms with Gasteiger partial charge in [-0.05, 0) is 38.1 Å². The number of rotatable bonds is 8. The van der Waals surface area contributed by atoms with Crippen LogP contribution < -0.4 is 14.9 Å². The van der Waals surface area contributed by atoms with Crippen LogP contribution in [0.25, 0.3) is 0 Å². The number of anilines is 4. The van der Waals surface area contributed by atoms with Gasteiger partial charge in [-0.15, -0.1) is 0 Å². The molecule has 0 unspecified atom stereocenters. The largest absolute Gasteiger partial charge is 0.378 e. The van der Waals surface area contributed by atoms with Crippen molar-refractivity contribution in [3.05, 3.63) is 74.1 Å².